The maximum Gasteiger partial charge on any atom is 0.0948 e. The first kappa shape index (κ1) is 11.9. The standard InChI is InChI=1S/C14H19N3/c1-2-8-17-11-16-10-14(17)13(15)9-12-6-4-3-5-7-12/h3-7,10-11,13H,2,8-9,15H2,1H3/t13-/m1/s1. The van der Waals surface area contributed by atoms with E-state index in [1.54, 1.807) is 0 Å². The van der Waals surface area contributed by atoms with Crippen molar-refractivity contribution >= 4 is 0 Å². The molecule has 0 aliphatic carbocycles. The molecule has 0 saturated heterocycles. The average molecular weight is 229 g/mol. The van der Waals surface area contributed by atoms with Gasteiger partial charge in [0.25, 0.3) is 0 Å². The predicted octanol–water partition coefficient (Wildman–Crippen LogP) is 2.54. The fourth-order valence-electron chi connectivity index (χ4n) is 2.04. The summed E-state index contributed by atoms with van der Waals surface area (Å²) in [6.45, 7) is 3.14. The third kappa shape index (κ3) is 2.94. The lowest BCUT2D eigenvalue weighted by molar-refractivity contribution is 0.590. The van der Waals surface area contributed by atoms with Crippen molar-refractivity contribution in [2.24, 2.45) is 5.73 Å². The van der Waals surface area contributed by atoms with E-state index in [1.807, 2.05) is 30.7 Å². The lowest BCUT2D eigenvalue weighted by Gasteiger charge is -2.14. The minimum Gasteiger partial charge on any atom is -0.333 e. The van der Waals surface area contributed by atoms with Crippen molar-refractivity contribution in [2.45, 2.75) is 32.4 Å². The van der Waals surface area contributed by atoms with Crippen LogP contribution in [0.3, 0.4) is 0 Å². The highest BCUT2D eigenvalue weighted by molar-refractivity contribution is 5.18. The molecule has 3 heteroatoms. The van der Waals surface area contributed by atoms with Crippen molar-refractivity contribution in [3.05, 3.63) is 54.1 Å². The zero-order valence-electron chi connectivity index (χ0n) is 10.2. The van der Waals surface area contributed by atoms with E-state index < -0.39 is 0 Å². The van der Waals surface area contributed by atoms with Crippen LogP contribution in [0.5, 0.6) is 0 Å². The van der Waals surface area contributed by atoms with Crippen LogP contribution in [-0.4, -0.2) is 9.55 Å². The van der Waals surface area contributed by atoms with Crippen LogP contribution in [0.1, 0.15) is 30.6 Å². The largest absolute Gasteiger partial charge is 0.333 e. The molecule has 0 aliphatic heterocycles. The zero-order valence-corrected chi connectivity index (χ0v) is 10.2. The number of nitrogens with zero attached hydrogens (tertiary/aromatic N) is 2. The van der Waals surface area contributed by atoms with Crippen LogP contribution in [0.4, 0.5) is 0 Å². The second-order valence-corrected chi connectivity index (χ2v) is 4.31. The Kier molecular flexibility index (Phi) is 3.94. The van der Waals surface area contributed by atoms with Gasteiger partial charge in [0.1, 0.15) is 0 Å². The van der Waals surface area contributed by atoms with Crippen molar-refractivity contribution in [3.63, 3.8) is 0 Å². The molecule has 1 aromatic heterocycles. The maximum absolute atomic E-state index is 6.24. The Balaban J connectivity index is 2.09. The first-order valence-electron chi connectivity index (χ1n) is 6.10. The molecule has 0 saturated carbocycles. The number of aryl methyl sites for hydroxylation is 1. The molecule has 1 atom stereocenters. The van der Waals surface area contributed by atoms with E-state index in [0.717, 1.165) is 25.1 Å². The molecule has 1 aromatic carbocycles. The number of aromatic nitrogens is 2. The van der Waals surface area contributed by atoms with Gasteiger partial charge in [-0.05, 0) is 18.4 Å². The molecular formula is C14H19N3. The molecule has 2 rings (SSSR count). The Morgan fingerprint density at radius 3 is 2.76 bits per heavy atom. The molecule has 1 heterocycles. The van der Waals surface area contributed by atoms with Gasteiger partial charge < -0.3 is 10.3 Å². The van der Waals surface area contributed by atoms with Gasteiger partial charge in [0.05, 0.1) is 18.1 Å². The van der Waals surface area contributed by atoms with Crippen LogP contribution >= 0.6 is 0 Å². The van der Waals surface area contributed by atoms with Crippen LogP contribution in [-0.2, 0) is 13.0 Å². The van der Waals surface area contributed by atoms with Gasteiger partial charge in [0.15, 0.2) is 0 Å². The summed E-state index contributed by atoms with van der Waals surface area (Å²) in [6.07, 6.45) is 5.70. The highest BCUT2D eigenvalue weighted by Gasteiger charge is 2.11. The Morgan fingerprint density at radius 2 is 2.06 bits per heavy atom. The topological polar surface area (TPSA) is 43.8 Å². The van der Waals surface area contributed by atoms with Crippen molar-refractivity contribution in [1.29, 1.82) is 0 Å². The summed E-state index contributed by atoms with van der Waals surface area (Å²) in [5.41, 5.74) is 8.63. The van der Waals surface area contributed by atoms with Crippen LogP contribution in [0, 0.1) is 0 Å². The lowest BCUT2D eigenvalue weighted by atomic mass is 10.0. The summed E-state index contributed by atoms with van der Waals surface area (Å²) < 4.78 is 2.15. The van der Waals surface area contributed by atoms with Gasteiger partial charge >= 0.3 is 0 Å². The zero-order chi connectivity index (χ0) is 12.1. The van der Waals surface area contributed by atoms with Crippen molar-refractivity contribution in [1.82, 2.24) is 9.55 Å². The van der Waals surface area contributed by atoms with Gasteiger partial charge in [-0.2, -0.15) is 0 Å². The molecule has 3 nitrogen and oxygen atoms in total. The van der Waals surface area contributed by atoms with E-state index in [1.165, 1.54) is 5.56 Å². The van der Waals surface area contributed by atoms with E-state index in [0.29, 0.717) is 0 Å². The van der Waals surface area contributed by atoms with E-state index >= 15 is 0 Å². The first-order valence-corrected chi connectivity index (χ1v) is 6.10. The highest BCUT2D eigenvalue weighted by atomic mass is 15.1. The molecule has 0 amide bonds. The van der Waals surface area contributed by atoms with Crippen molar-refractivity contribution in [3.8, 4) is 0 Å². The van der Waals surface area contributed by atoms with Gasteiger partial charge in [0, 0.05) is 12.7 Å². The first-order chi connectivity index (χ1) is 8.31. The normalized spacial score (nSPS) is 12.6. The molecular weight excluding hydrogens is 210 g/mol. The molecule has 0 aliphatic rings. The monoisotopic (exact) mass is 229 g/mol. The smallest absolute Gasteiger partial charge is 0.0948 e. The number of benzene rings is 1. The molecule has 0 spiro atoms. The van der Waals surface area contributed by atoms with Gasteiger partial charge in [0.2, 0.25) is 0 Å². The van der Waals surface area contributed by atoms with Crippen LogP contribution in [0.15, 0.2) is 42.9 Å². The Labute approximate surface area is 102 Å². The summed E-state index contributed by atoms with van der Waals surface area (Å²) in [6, 6.07) is 10.4. The Morgan fingerprint density at radius 1 is 1.29 bits per heavy atom. The molecule has 0 radical (unpaired) electrons. The molecule has 90 valence electrons. The number of hydrogen-bond donors (Lipinski definition) is 1. The fraction of sp³-hybridized carbons (Fsp3) is 0.357. The molecule has 0 unspecified atom stereocenters. The fourth-order valence-corrected chi connectivity index (χ4v) is 2.04. The lowest BCUT2D eigenvalue weighted by Crippen LogP contribution is -2.17. The summed E-state index contributed by atoms with van der Waals surface area (Å²) in [7, 11) is 0. The van der Waals surface area contributed by atoms with Gasteiger partial charge in [-0.3, -0.25) is 0 Å². The maximum atomic E-state index is 6.24. The van der Waals surface area contributed by atoms with E-state index in [-0.39, 0.29) is 6.04 Å². The summed E-state index contributed by atoms with van der Waals surface area (Å²) in [4.78, 5) is 4.19. The van der Waals surface area contributed by atoms with Crippen LogP contribution < -0.4 is 5.73 Å². The number of hydrogen-bond acceptors (Lipinski definition) is 2. The quantitative estimate of drug-likeness (QED) is 0.856. The minimum absolute atomic E-state index is 0.0199. The molecule has 2 N–H and O–H groups in total. The van der Waals surface area contributed by atoms with Crippen molar-refractivity contribution < 1.29 is 0 Å². The molecule has 17 heavy (non-hydrogen) atoms. The minimum atomic E-state index is 0.0199. The third-order valence-corrected chi connectivity index (χ3v) is 2.89. The molecule has 2 aromatic rings. The number of rotatable bonds is 5. The SMILES string of the molecule is CCCn1cncc1[C@H](N)Cc1ccccc1. The van der Waals surface area contributed by atoms with E-state index in [2.05, 4.69) is 28.6 Å². The average Bonchev–Trinajstić information content (AvgIpc) is 2.79. The Bertz CT molecular complexity index is 448. The second-order valence-electron chi connectivity index (χ2n) is 4.31. The Hall–Kier alpha value is -1.61. The van der Waals surface area contributed by atoms with Gasteiger partial charge in [-0.25, -0.2) is 4.98 Å². The third-order valence-electron chi connectivity index (χ3n) is 2.89. The molecule has 0 fully saturated rings. The summed E-state index contributed by atoms with van der Waals surface area (Å²) in [5, 5.41) is 0. The second kappa shape index (κ2) is 5.64. The van der Waals surface area contributed by atoms with E-state index in [4.69, 9.17) is 5.73 Å². The van der Waals surface area contributed by atoms with Gasteiger partial charge in [-0.15, -0.1) is 0 Å². The van der Waals surface area contributed by atoms with Crippen molar-refractivity contribution in [2.75, 3.05) is 0 Å². The number of imidazole rings is 1. The van der Waals surface area contributed by atoms with Crippen LogP contribution in [0.25, 0.3) is 0 Å². The summed E-state index contributed by atoms with van der Waals surface area (Å²) >= 11 is 0. The van der Waals surface area contributed by atoms with Crippen LogP contribution in [0.2, 0.25) is 0 Å². The molecule has 0 bridgehead atoms. The van der Waals surface area contributed by atoms with E-state index in [9.17, 15) is 0 Å². The summed E-state index contributed by atoms with van der Waals surface area (Å²) in [5.74, 6) is 0. The highest BCUT2D eigenvalue weighted by Crippen LogP contribution is 2.16. The predicted molar refractivity (Wildman–Crippen MR) is 69.6 cm³/mol. The van der Waals surface area contributed by atoms with Gasteiger partial charge in [-0.1, -0.05) is 37.3 Å². The number of nitrogens with two attached hydrogens (primary N) is 1.